The molecule has 6 nitrogen and oxygen atoms in total. The van der Waals surface area contributed by atoms with E-state index in [1.807, 2.05) is 18.2 Å². The van der Waals surface area contributed by atoms with Gasteiger partial charge in [0.2, 0.25) is 5.91 Å². The molecule has 1 N–H and O–H groups in total. The molecule has 1 heterocycles. The van der Waals surface area contributed by atoms with Crippen molar-refractivity contribution in [2.24, 2.45) is 0 Å². The summed E-state index contributed by atoms with van der Waals surface area (Å²) >= 11 is 1.47. The number of hydrogen-bond donors (Lipinski definition) is 1. The molecule has 0 saturated carbocycles. The van der Waals surface area contributed by atoms with E-state index < -0.39 is 4.92 Å². The van der Waals surface area contributed by atoms with E-state index in [-0.39, 0.29) is 11.6 Å². The number of non-ortho nitro benzene ring substituents is 1. The van der Waals surface area contributed by atoms with Gasteiger partial charge in [-0.05, 0) is 29.2 Å². The van der Waals surface area contributed by atoms with Gasteiger partial charge in [0.05, 0.1) is 10.6 Å². The minimum absolute atomic E-state index is 0.0189. The SMILES string of the molecule is CCCc1sc(NC(=O)C=Cc2cccc([N+](=O)[O-])c2)nc1-c1ccc(-c2ccccc2)cc1. The van der Waals surface area contributed by atoms with Crippen LogP contribution in [0.5, 0.6) is 0 Å². The first kappa shape index (κ1) is 23.1. The zero-order chi connectivity index (χ0) is 23.9. The van der Waals surface area contributed by atoms with Gasteiger partial charge in [0.15, 0.2) is 5.13 Å². The summed E-state index contributed by atoms with van der Waals surface area (Å²) < 4.78 is 0. The summed E-state index contributed by atoms with van der Waals surface area (Å²) in [4.78, 5) is 28.7. The fraction of sp³-hybridized carbons (Fsp3) is 0.111. The van der Waals surface area contributed by atoms with E-state index in [0.717, 1.165) is 40.1 Å². The topological polar surface area (TPSA) is 85.1 Å². The maximum absolute atomic E-state index is 12.5. The van der Waals surface area contributed by atoms with Gasteiger partial charge in [-0.3, -0.25) is 20.2 Å². The average molecular weight is 470 g/mol. The van der Waals surface area contributed by atoms with E-state index in [4.69, 9.17) is 4.98 Å². The molecule has 0 fully saturated rings. The minimum Gasteiger partial charge on any atom is -0.298 e. The maximum Gasteiger partial charge on any atom is 0.270 e. The van der Waals surface area contributed by atoms with Crippen LogP contribution in [0.3, 0.4) is 0 Å². The Bertz CT molecular complexity index is 1330. The van der Waals surface area contributed by atoms with Gasteiger partial charge in [-0.15, -0.1) is 11.3 Å². The van der Waals surface area contributed by atoms with Crippen LogP contribution in [0, 0.1) is 10.1 Å². The van der Waals surface area contributed by atoms with Crippen molar-refractivity contribution in [1.82, 2.24) is 4.98 Å². The van der Waals surface area contributed by atoms with Gasteiger partial charge in [0.1, 0.15) is 0 Å². The monoisotopic (exact) mass is 469 g/mol. The van der Waals surface area contributed by atoms with E-state index in [9.17, 15) is 14.9 Å². The molecule has 4 rings (SSSR count). The number of hydrogen-bond acceptors (Lipinski definition) is 5. The second-order valence-corrected chi connectivity index (χ2v) is 8.74. The third kappa shape index (κ3) is 5.63. The number of nitrogens with one attached hydrogen (secondary N) is 1. The molecule has 0 aliphatic carbocycles. The molecule has 0 bridgehead atoms. The highest BCUT2D eigenvalue weighted by Crippen LogP contribution is 2.33. The molecule has 0 unspecified atom stereocenters. The Hall–Kier alpha value is -4.10. The van der Waals surface area contributed by atoms with Crippen LogP contribution in [-0.2, 0) is 11.2 Å². The standard InChI is InChI=1S/C27H23N3O3S/c1-2-7-24-26(22-15-13-21(14-16-22)20-9-4-3-5-10-20)29-27(34-24)28-25(31)17-12-19-8-6-11-23(18-19)30(32)33/h3-6,8-18H,2,7H2,1H3,(H,28,29,31). The summed E-state index contributed by atoms with van der Waals surface area (Å²) in [6.07, 6.45) is 4.74. The number of benzene rings is 3. The number of nitrogens with zero attached hydrogens (tertiary/aromatic N) is 2. The van der Waals surface area contributed by atoms with Gasteiger partial charge in [-0.1, -0.05) is 80.1 Å². The van der Waals surface area contributed by atoms with E-state index in [2.05, 4.69) is 48.6 Å². The van der Waals surface area contributed by atoms with E-state index in [0.29, 0.717) is 10.7 Å². The first-order valence-electron chi connectivity index (χ1n) is 10.9. The number of nitro groups is 1. The Morgan fingerprint density at radius 2 is 1.71 bits per heavy atom. The molecule has 0 aliphatic rings. The number of aromatic nitrogens is 1. The maximum atomic E-state index is 12.5. The van der Waals surface area contributed by atoms with Crippen LogP contribution in [0.1, 0.15) is 23.8 Å². The van der Waals surface area contributed by atoms with Crippen molar-refractivity contribution < 1.29 is 9.72 Å². The van der Waals surface area contributed by atoms with Crippen molar-refractivity contribution in [3.8, 4) is 22.4 Å². The first-order valence-corrected chi connectivity index (χ1v) is 11.7. The third-order valence-electron chi connectivity index (χ3n) is 5.18. The Kier molecular flexibility index (Phi) is 7.25. The second kappa shape index (κ2) is 10.7. The Balaban J connectivity index is 1.51. The number of aryl methyl sites for hydroxylation is 1. The number of carbonyl (C=O) groups excluding carboxylic acids is 1. The summed E-state index contributed by atoms with van der Waals surface area (Å²) in [5.74, 6) is -0.339. The molecule has 4 aromatic rings. The summed E-state index contributed by atoms with van der Waals surface area (Å²) in [6, 6.07) is 24.6. The Morgan fingerprint density at radius 1 is 1.00 bits per heavy atom. The normalized spacial score (nSPS) is 11.0. The zero-order valence-electron chi connectivity index (χ0n) is 18.6. The predicted molar refractivity (Wildman–Crippen MR) is 138 cm³/mol. The molecule has 0 atom stereocenters. The van der Waals surface area contributed by atoms with E-state index in [1.54, 1.807) is 18.2 Å². The molecular formula is C27H23N3O3S. The summed E-state index contributed by atoms with van der Waals surface area (Å²) in [5, 5.41) is 14.3. The van der Waals surface area contributed by atoms with E-state index in [1.165, 1.54) is 29.5 Å². The van der Waals surface area contributed by atoms with Crippen LogP contribution >= 0.6 is 11.3 Å². The van der Waals surface area contributed by atoms with Gasteiger partial charge in [-0.2, -0.15) is 0 Å². The molecular weight excluding hydrogens is 446 g/mol. The van der Waals surface area contributed by atoms with Gasteiger partial charge < -0.3 is 0 Å². The van der Waals surface area contributed by atoms with Crippen LogP contribution in [-0.4, -0.2) is 15.8 Å². The molecule has 170 valence electrons. The molecule has 0 aliphatic heterocycles. The van der Waals surface area contributed by atoms with Crippen LogP contribution < -0.4 is 5.32 Å². The van der Waals surface area contributed by atoms with Crippen molar-refractivity contribution in [3.05, 3.63) is 105 Å². The number of nitro benzene ring substituents is 1. The molecule has 3 aromatic carbocycles. The van der Waals surface area contributed by atoms with E-state index >= 15 is 0 Å². The summed E-state index contributed by atoms with van der Waals surface area (Å²) in [6.45, 7) is 2.11. The van der Waals surface area contributed by atoms with Crippen molar-refractivity contribution in [2.75, 3.05) is 5.32 Å². The van der Waals surface area contributed by atoms with Gasteiger partial charge in [0, 0.05) is 28.6 Å². The summed E-state index contributed by atoms with van der Waals surface area (Å²) in [7, 11) is 0. The molecule has 1 amide bonds. The molecule has 0 radical (unpaired) electrons. The number of anilines is 1. The van der Waals surface area contributed by atoms with Crippen LogP contribution in [0.4, 0.5) is 10.8 Å². The lowest BCUT2D eigenvalue weighted by molar-refractivity contribution is -0.384. The zero-order valence-corrected chi connectivity index (χ0v) is 19.4. The Morgan fingerprint density at radius 3 is 2.41 bits per heavy atom. The van der Waals surface area contributed by atoms with Crippen molar-refractivity contribution in [3.63, 3.8) is 0 Å². The van der Waals surface area contributed by atoms with Crippen LogP contribution in [0.15, 0.2) is 84.9 Å². The molecule has 1 aromatic heterocycles. The summed E-state index contributed by atoms with van der Waals surface area (Å²) in [5.41, 5.74) is 4.74. The lowest BCUT2D eigenvalue weighted by atomic mass is 10.0. The van der Waals surface area contributed by atoms with Crippen LogP contribution in [0.25, 0.3) is 28.5 Å². The number of amides is 1. The highest BCUT2D eigenvalue weighted by molar-refractivity contribution is 7.16. The first-order chi connectivity index (χ1) is 16.5. The van der Waals surface area contributed by atoms with Crippen LogP contribution in [0.2, 0.25) is 0 Å². The van der Waals surface area contributed by atoms with Gasteiger partial charge in [-0.25, -0.2) is 4.98 Å². The number of carbonyl (C=O) groups is 1. The van der Waals surface area contributed by atoms with Gasteiger partial charge in [0.25, 0.3) is 5.69 Å². The fourth-order valence-electron chi connectivity index (χ4n) is 3.54. The largest absolute Gasteiger partial charge is 0.298 e. The highest BCUT2D eigenvalue weighted by atomic mass is 32.1. The molecule has 7 heteroatoms. The van der Waals surface area contributed by atoms with Crippen molar-refractivity contribution >= 4 is 34.1 Å². The fourth-order valence-corrected chi connectivity index (χ4v) is 4.63. The lowest BCUT2D eigenvalue weighted by Crippen LogP contribution is -2.07. The molecule has 34 heavy (non-hydrogen) atoms. The third-order valence-corrected chi connectivity index (χ3v) is 6.21. The molecule has 0 saturated heterocycles. The highest BCUT2D eigenvalue weighted by Gasteiger charge is 2.14. The lowest BCUT2D eigenvalue weighted by Gasteiger charge is -2.04. The number of thiazole rings is 1. The molecule has 0 spiro atoms. The van der Waals surface area contributed by atoms with Crippen molar-refractivity contribution in [1.29, 1.82) is 0 Å². The predicted octanol–water partition coefficient (Wildman–Crippen LogP) is 6.99. The van der Waals surface area contributed by atoms with Gasteiger partial charge >= 0.3 is 0 Å². The van der Waals surface area contributed by atoms with Crippen molar-refractivity contribution in [2.45, 2.75) is 19.8 Å². The minimum atomic E-state index is -0.462. The quantitative estimate of drug-likeness (QED) is 0.171. The smallest absolute Gasteiger partial charge is 0.270 e. The number of rotatable bonds is 8. The second-order valence-electron chi connectivity index (χ2n) is 7.66. The Labute approximate surface area is 201 Å². The average Bonchev–Trinajstić information content (AvgIpc) is 3.26.